The molecule has 1 aliphatic heterocycles. The first kappa shape index (κ1) is 14.3. The lowest BCUT2D eigenvalue weighted by Crippen LogP contribution is -2.41. The van der Waals surface area contributed by atoms with Gasteiger partial charge in [0.15, 0.2) is 0 Å². The van der Waals surface area contributed by atoms with Crippen LogP contribution in [-0.2, 0) is 0 Å². The molecule has 0 saturated carbocycles. The summed E-state index contributed by atoms with van der Waals surface area (Å²) in [6, 6.07) is 0.776. The maximum absolute atomic E-state index is 3.39. The molecule has 0 aromatic rings. The summed E-state index contributed by atoms with van der Waals surface area (Å²) in [6.45, 7) is 3.93. The fourth-order valence-electron chi connectivity index (χ4n) is 2.38. The van der Waals surface area contributed by atoms with E-state index in [2.05, 4.69) is 23.5 Å². The van der Waals surface area contributed by atoms with Crippen molar-refractivity contribution in [2.24, 2.45) is 0 Å². The van der Waals surface area contributed by atoms with Crippen LogP contribution >= 0.6 is 11.8 Å². The van der Waals surface area contributed by atoms with Crippen LogP contribution in [0.4, 0.5) is 0 Å². The summed E-state index contributed by atoms with van der Waals surface area (Å²) in [5.74, 6) is 1.34. The van der Waals surface area contributed by atoms with Crippen molar-refractivity contribution in [3.05, 3.63) is 0 Å². The smallest absolute Gasteiger partial charge is 0.00884 e. The lowest BCUT2D eigenvalue weighted by molar-refractivity contribution is 0.198. The number of hydrogen-bond acceptors (Lipinski definition) is 3. The number of unbranched alkanes of at least 4 members (excludes halogenated alkanes) is 3. The third-order valence-corrected chi connectivity index (χ3v) is 4.27. The van der Waals surface area contributed by atoms with Crippen LogP contribution in [0.15, 0.2) is 0 Å². The topological polar surface area (TPSA) is 15.3 Å². The zero-order valence-corrected chi connectivity index (χ0v) is 11.8. The van der Waals surface area contributed by atoms with E-state index in [0.717, 1.165) is 6.04 Å². The van der Waals surface area contributed by atoms with Gasteiger partial charge < -0.3 is 10.2 Å². The van der Waals surface area contributed by atoms with Gasteiger partial charge in [-0.2, -0.15) is 11.8 Å². The molecule has 1 saturated heterocycles. The summed E-state index contributed by atoms with van der Waals surface area (Å²) < 4.78 is 0. The molecular formula is C13H28N2S. The van der Waals surface area contributed by atoms with Gasteiger partial charge in [0.1, 0.15) is 0 Å². The zero-order valence-electron chi connectivity index (χ0n) is 11.0. The molecule has 0 spiro atoms. The lowest BCUT2D eigenvalue weighted by atomic mass is 10.0. The Hall–Kier alpha value is 0.270. The van der Waals surface area contributed by atoms with Gasteiger partial charge in [-0.1, -0.05) is 12.8 Å². The maximum atomic E-state index is 3.39. The SMILES string of the molecule is CNC1CCN(CCCCCCSC)CC1. The van der Waals surface area contributed by atoms with E-state index in [4.69, 9.17) is 0 Å². The van der Waals surface area contributed by atoms with Gasteiger partial charge in [0.05, 0.1) is 0 Å². The summed E-state index contributed by atoms with van der Waals surface area (Å²) in [5, 5.41) is 3.39. The van der Waals surface area contributed by atoms with Crippen molar-refractivity contribution in [1.29, 1.82) is 0 Å². The summed E-state index contributed by atoms with van der Waals surface area (Å²) in [6.07, 6.45) is 10.5. The molecule has 1 fully saturated rings. The second-order valence-corrected chi connectivity index (χ2v) is 5.80. The molecule has 0 radical (unpaired) electrons. The molecule has 1 aliphatic rings. The number of thioether (sulfide) groups is 1. The van der Waals surface area contributed by atoms with E-state index in [-0.39, 0.29) is 0 Å². The van der Waals surface area contributed by atoms with Crippen LogP contribution < -0.4 is 5.32 Å². The van der Waals surface area contributed by atoms with E-state index in [1.807, 2.05) is 11.8 Å². The first-order chi connectivity index (χ1) is 7.86. The lowest BCUT2D eigenvalue weighted by Gasteiger charge is -2.31. The van der Waals surface area contributed by atoms with Gasteiger partial charge in [0, 0.05) is 6.04 Å². The van der Waals surface area contributed by atoms with Gasteiger partial charge in [-0.15, -0.1) is 0 Å². The molecule has 0 unspecified atom stereocenters. The molecule has 0 aromatic carbocycles. The highest BCUT2D eigenvalue weighted by atomic mass is 32.2. The third-order valence-electron chi connectivity index (χ3n) is 3.57. The Kier molecular flexibility index (Phi) is 8.34. The van der Waals surface area contributed by atoms with Gasteiger partial charge in [0.2, 0.25) is 0 Å². The summed E-state index contributed by atoms with van der Waals surface area (Å²) in [5.41, 5.74) is 0. The summed E-state index contributed by atoms with van der Waals surface area (Å²) in [4.78, 5) is 2.64. The molecule has 16 heavy (non-hydrogen) atoms. The minimum atomic E-state index is 0.776. The Labute approximate surface area is 106 Å². The van der Waals surface area contributed by atoms with Crippen molar-refractivity contribution in [2.75, 3.05) is 38.7 Å². The van der Waals surface area contributed by atoms with E-state index < -0.39 is 0 Å². The van der Waals surface area contributed by atoms with Crippen molar-refractivity contribution >= 4 is 11.8 Å². The monoisotopic (exact) mass is 244 g/mol. The molecule has 1 rings (SSSR count). The zero-order chi connectivity index (χ0) is 11.6. The number of nitrogens with one attached hydrogen (secondary N) is 1. The normalized spacial score (nSPS) is 19.1. The Balaban J connectivity index is 1.90. The molecule has 2 nitrogen and oxygen atoms in total. The number of piperidine rings is 1. The number of hydrogen-bond donors (Lipinski definition) is 1. The largest absolute Gasteiger partial charge is 0.317 e. The van der Waals surface area contributed by atoms with E-state index in [1.165, 1.54) is 63.9 Å². The molecule has 3 heteroatoms. The van der Waals surface area contributed by atoms with Crippen LogP contribution in [0.2, 0.25) is 0 Å². The molecular weight excluding hydrogens is 216 g/mol. The Morgan fingerprint density at radius 2 is 1.81 bits per heavy atom. The van der Waals surface area contributed by atoms with Crippen LogP contribution in [0.3, 0.4) is 0 Å². The first-order valence-corrected chi connectivity index (χ1v) is 8.14. The predicted molar refractivity (Wildman–Crippen MR) is 75.4 cm³/mol. The Morgan fingerprint density at radius 1 is 1.12 bits per heavy atom. The number of likely N-dealkylation sites (tertiary alicyclic amines) is 1. The predicted octanol–water partition coefficient (Wildman–Crippen LogP) is 2.59. The molecule has 0 aromatic heterocycles. The van der Waals surface area contributed by atoms with E-state index in [9.17, 15) is 0 Å². The van der Waals surface area contributed by atoms with Crippen molar-refractivity contribution in [3.8, 4) is 0 Å². The molecule has 0 aliphatic carbocycles. The van der Waals surface area contributed by atoms with E-state index >= 15 is 0 Å². The maximum Gasteiger partial charge on any atom is 0.00884 e. The highest BCUT2D eigenvalue weighted by molar-refractivity contribution is 7.98. The van der Waals surface area contributed by atoms with Crippen LogP contribution in [-0.4, -0.2) is 49.6 Å². The van der Waals surface area contributed by atoms with Crippen molar-refractivity contribution in [1.82, 2.24) is 10.2 Å². The first-order valence-electron chi connectivity index (χ1n) is 6.75. The number of nitrogens with zero attached hydrogens (tertiary/aromatic N) is 1. The second-order valence-electron chi connectivity index (χ2n) is 4.81. The molecule has 96 valence electrons. The van der Waals surface area contributed by atoms with Gasteiger partial charge in [-0.3, -0.25) is 0 Å². The van der Waals surface area contributed by atoms with Crippen LogP contribution in [0.25, 0.3) is 0 Å². The van der Waals surface area contributed by atoms with Crippen LogP contribution in [0, 0.1) is 0 Å². The van der Waals surface area contributed by atoms with E-state index in [1.54, 1.807) is 0 Å². The van der Waals surface area contributed by atoms with Gasteiger partial charge in [-0.05, 0) is 64.4 Å². The van der Waals surface area contributed by atoms with Crippen molar-refractivity contribution in [2.45, 2.75) is 44.6 Å². The Bertz CT molecular complexity index is 156. The minimum Gasteiger partial charge on any atom is -0.317 e. The van der Waals surface area contributed by atoms with E-state index in [0.29, 0.717) is 0 Å². The highest BCUT2D eigenvalue weighted by Crippen LogP contribution is 2.11. The molecule has 0 bridgehead atoms. The Morgan fingerprint density at radius 3 is 2.44 bits per heavy atom. The summed E-state index contributed by atoms with van der Waals surface area (Å²) in [7, 11) is 2.09. The van der Waals surface area contributed by atoms with Crippen LogP contribution in [0.1, 0.15) is 38.5 Å². The third kappa shape index (κ3) is 6.12. The standard InChI is InChI=1S/C13H28N2S/c1-14-13-7-10-15(11-8-13)9-5-3-4-6-12-16-2/h13-14H,3-12H2,1-2H3. The van der Waals surface area contributed by atoms with Gasteiger partial charge >= 0.3 is 0 Å². The molecule has 1 heterocycles. The molecule has 1 N–H and O–H groups in total. The quantitative estimate of drug-likeness (QED) is 0.661. The van der Waals surface area contributed by atoms with Gasteiger partial charge in [0.25, 0.3) is 0 Å². The summed E-state index contributed by atoms with van der Waals surface area (Å²) >= 11 is 1.97. The second kappa shape index (κ2) is 9.32. The highest BCUT2D eigenvalue weighted by Gasteiger charge is 2.16. The molecule has 0 atom stereocenters. The number of rotatable bonds is 8. The minimum absolute atomic E-state index is 0.776. The average molecular weight is 244 g/mol. The van der Waals surface area contributed by atoms with Crippen molar-refractivity contribution in [3.63, 3.8) is 0 Å². The fraction of sp³-hybridized carbons (Fsp3) is 1.00. The molecule has 0 amide bonds. The van der Waals surface area contributed by atoms with Crippen LogP contribution in [0.5, 0.6) is 0 Å². The van der Waals surface area contributed by atoms with Gasteiger partial charge in [-0.25, -0.2) is 0 Å². The van der Waals surface area contributed by atoms with Crippen molar-refractivity contribution < 1.29 is 0 Å². The average Bonchev–Trinajstić information content (AvgIpc) is 2.34. The fourth-order valence-corrected chi connectivity index (χ4v) is 2.87.